The average molecular weight is 376 g/mol. The van der Waals surface area contributed by atoms with E-state index in [1.807, 2.05) is 0 Å². The summed E-state index contributed by atoms with van der Waals surface area (Å²) < 4.78 is 16.5. The number of aryl methyl sites for hydroxylation is 1. The Labute approximate surface area is 138 Å². The van der Waals surface area contributed by atoms with Crippen molar-refractivity contribution in [2.45, 2.75) is 46.1 Å². The third-order valence-electron chi connectivity index (χ3n) is 3.73. The summed E-state index contributed by atoms with van der Waals surface area (Å²) in [6, 6.07) is 3.60. The van der Waals surface area contributed by atoms with E-state index in [-0.39, 0.29) is 11.9 Å². The van der Waals surface area contributed by atoms with Crippen LogP contribution in [0.1, 0.15) is 45.5 Å². The number of imidazole rings is 1. The van der Waals surface area contributed by atoms with Crippen LogP contribution < -0.4 is 0 Å². The molecule has 5 heteroatoms. The highest BCUT2D eigenvalue weighted by atomic mass is 79.9. The first kappa shape index (κ1) is 16.8. The van der Waals surface area contributed by atoms with Gasteiger partial charge >= 0.3 is 0 Å². The van der Waals surface area contributed by atoms with Gasteiger partial charge in [-0.25, -0.2) is 9.37 Å². The van der Waals surface area contributed by atoms with Crippen molar-refractivity contribution < 1.29 is 4.39 Å². The lowest BCUT2D eigenvalue weighted by atomic mass is 10.0. The van der Waals surface area contributed by atoms with E-state index in [9.17, 15) is 4.39 Å². The molecular weight excluding hydrogens is 355 g/mol. The molecule has 116 valence electrons. The molecule has 1 unspecified atom stereocenters. The fourth-order valence-corrected chi connectivity index (χ4v) is 3.10. The normalized spacial score (nSPS) is 13.3. The monoisotopic (exact) mass is 374 g/mol. The topological polar surface area (TPSA) is 17.8 Å². The van der Waals surface area contributed by atoms with Crippen molar-refractivity contribution in [1.82, 2.24) is 9.55 Å². The van der Waals surface area contributed by atoms with E-state index in [1.165, 1.54) is 0 Å². The summed E-state index contributed by atoms with van der Waals surface area (Å²) in [5.41, 5.74) is 1.67. The standard InChI is InChI=1S/C16H21BrClFN2/c1-10(2)4-5-11(3)21-15-9-13(19)12(17)8-14(15)20-16(21)6-7-18/h8-11H,4-7H2,1-3H3. The zero-order valence-electron chi connectivity index (χ0n) is 12.7. The molecule has 0 bridgehead atoms. The third kappa shape index (κ3) is 3.78. The van der Waals surface area contributed by atoms with Crippen LogP contribution in [0, 0.1) is 11.7 Å². The van der Waals surface area contributed by atoms with E-state index in [4.69, 9.17) is 11.6 Å². The van der Waals surface area contributed by atoms with E-state index in [2.05, 4.69) is 46.3 Å². The first-order valence-electron chi connectivity index (χ1n) is 7.35. The average Bonchev–Trinajstić information content (AvgIpc) is 2.74. The highest BCUT2D eigenvalue weighted by molar-refractivity contribution is 9.10. The maximum Gasteiger partial charge on any atom is 0.139 e. The van der Waals surface area contributed by atoms with Gasteiger partial charge in [0.2, 0.25) is 0 Å². The van der Waals surface area contributed by atoms with Gasteiger partial charge in [0.15, 0.2) is 0 Å². The number of alkyl halides is 1. The second-order valence-electron chi connectivity index (χ2n) is 5.91. The molecule has 0 aliphatic carbocycles. The molecule has 1 heterocycles. The Morgan fingerprint density at radius 3 is 2.62 bits per heavy atom. The molecule has 0 spiro atoms. The number of benzene rings is 1. The number of hydrogen-bond acceptors (Lipinski definition) is 1. The molecule has 1 atom stereocenters. The van der Waals surface area contributed by atoms with E-state index in [0.717, 1.165) is 29.7 Å². The minimum Gasteiger partial charge on any atom is -0.325 e. The third-order valence-corrected chi connectivity index (χ3v) is 4.52. The van der Waals surface area contributed by atoms with Crippen molar-refractivity contribution in [3.8, 4) is 0 Å². The molecule has 0 amide bonds. The van der Waals surface area contributed by atoms with Gasteiger partial charge in [0.25, 0.3) is 0 Å². The first-order chi connectivity index (χ1) is 9.93. The summed E-state index contributed by atoms with van der Waals surface area (Å²) in [4.78, 5) is 4.63. The Morgan fingerprint density at radius 2 is 2.00 bits per heavy atom. The smallest absolute Gasteiger partial charge is 0.139 e. The lowest BCUT2D eigenvalue weighted by Gasteiger charge is -2.18. The van der Waals surface area contributed by atoms with Gasteiger partial charge in [-0.1, -0.05) is 13.8 Å². The molecular formula is C16H21BrClFN2. The quantitative estimate of drug-likeness (QED) is 0.591. The molecule has 2 aromatic rings. The lowest BCUT2D eigenvalue weighted by molar-refractivity contribution is 0.437. The molecule has 21 heavy (non-hydrogen) atoms. The predicted molar refractivity (Wildman–Crippen MR) is 90.6 cm³/mol. The number of nitrogens with zero attached hydrogens (tertiary/aromatic N) is 2. The zero-order chi connectivity index (χ0) is 15.6. The number of hydrogen-bond donors (Lipinski definition) is 0. The summed E-state index contributed by atoms with van der Waals surface area (Å²) >= 11 is 9.12. The van der Waals surface area contributed by atoms with Crippen molar-refractivity contribution in [2.24, 2.45) is 5.92 Å². The Morgan fingerprint density at radius 1 is 1.29 bits per heavy atom. The number of aromatic nitrogens is 2. The Kier molecular flexibility index (Phi) is 5.67. The van der Waals surface area contributed by atoms with Crippen molar-refractivity contribution in [1.29, 1.82) is 0 Å². The van der Waals surface area contributed by atoms with Gasteiger partial charge in [0, 0.05) is 24.4 Å². The van der Waals surface area contributed by atoms with Gasteiger partial charge in [0.1, 0.15) is 11.6 Å². The lowest BCUT2D eigenvalue weighted by Crippen LogP contribution is -2.11. The molecule has 2 rings (SSSR count). The Hall–Kier alpha value is -0.610. The molecule has 0 aliphatic heterocycles. The molecule has 1 aromatic heterocycles. The number of rotatable bonds is 6. The molecule has 0 saturated heterocycles. The highest BCUT2D eigenvalue weighted by Gasteiger charge is 2.17. The van der Waals surface area contributed by atoms with E-state index in [0.29, 0.717) is 22.7 Å². The van der Waals surface area contributed by atoms with Crippen LogP contribution in [0.4, 0.5) is 4.39 Å². The van der Waals surface area contributed by atoms with Gasteiger partial charge in [-0.3, -0.25) is 0 Å². The summed E-state index contributed by atoms with van der Waals surface area (Å²) in [6.07, 6.45) is 2.89. The summed E-state index contributed by atoms with van der Waals surface area (Å²) in [6.45, 7) is 6.60. The van der Waals surface area contributed by atoms with Crippen LogP contribution in [0.25, 0.3) is 11.0 Å². The van der Waals surface area contributed by atoms with Crippen LogP contribution in [0.2, 0.25) is 0 Å². The van der Waals surface area contributed by atoms with Crippen molar-refractivity contribution >= 4 is 38.6 Å². The summed E-state index contributed by atoms with van der Waals surface area (Å²) in [5.74, 6) is 1.86. The van der Waals surface area contributed by atoms with Crippen LogP contribution >= 0.6 is 27.5 Å². The SMILES string of the molecule is CC(C)CCC(C)n1c(CCCl)nc2cc(Br)c(F)cc21. The van der Waals surface area contributed by atoms with Gasteiger partial charge in [-0.15, -0.1) is 11.6 Å². The number of fused-ring (bicyclic) bond motifs is 1. The highest BCUT2D eigenvalue weighted by Crippen LogP contribution is 2.29. The molecule has 0 fully saturated rings. The maximum absolute atomic E-state index is 13.9. The second-order valence-corrected chi connectivity index (χ2v) is 7.14. The Balaban J connectivity index is 2.47. The van der Waals surface area contributed by atoms with Crippen molar-refractivity contribution in [3.63, 3.8) is 0 Å². The molecule has 0 saturated carbocycles. The van der Waals surface area contributed by atoms with Gasteiger partial charge in [-0.05, 0) is 47.7 Å². The van der Waals surface area contributed by atoms with Crippen LogP contribution in [-0.4, -0.2) is 15.4 Å². The molecule has 1 aromatic carbocycles. The van der Waals surface area contributed by atoms with Gasteiger partial charge < -0.3 is 4.57 Å². The van der Waals surface area contributed by atoms with Crippen molar-refractivity contribution in [2.75, 3.05) is 5.88 Å². The second kappa shape index (κ2) is 7.10. The van der Waals surface area contributed by atoms with Crippen molar-refractivity contribution in [3.05, 3.63) is 28.2 Å². The fraction of sp³-hybridized carbons (Fsp3) is 0.562. The minimum absolute atomic E-state index is 0.253. The van der Waals surface area contributed by atoms with E-state index >= 15 is 0 Å². The van der Waals surface area contributed by atoms with E-state index in [1.54, 1.807) is 12.1 Å². The fourth-order valence-electron chi connectivity index (χ4n) is 2.60. The Bertz CT molecular complexity index is 624. The molecule has 0 radical (unpaired) electrons. The van der Waals surface area contributed by atoms with Crippen LogP contribution in [0.15, 0.2) is 16.6 Å². The first-order valence-corrected chi connectivity index (χ1v) is 8.68. The minimum atomic E-state index is -0.253. The summed E-state index contributed by atoms with van der Waals surface area (Å²) in [5, 5.41) is 0. The van der Waals surface area contributed by atoms with E-state index < -0.39 is 0 Å². The number of halogens is 3. The van der Waals surface area contributed by atoms with Crippen LogP contribution in [-0.2, 0) is 6.42 Å². The molecule has 0 aliphatic rings. The summed E-state index contributed by atoms with van der Waals surface area (Å²) in [7, 11) is 0. The van der Waals surface area contributed by atoms with Gasteiger partial charge in [0.05, 0.1) is 15.5 Å². The largest absolute Gasteiger partial charge is 0.325 e. The zero-order valence-corrected chi connectivity index (χ0v) is 15.0. The van der Waals surface area contributed by atoms with Crippen LogP contribution in [0.3, 0.4) is 0 Å². The predicted octanol–water partition coefficient (Wildman–Crippen LogP) is 5.72. The van der Waals surface area contributed by atoms with Crippen LogP contribution in [0.5, 0.6) is 0 Å². The molecule has 2 nitrogen and oxygen atoms in total. The van der Waals surface area contributed by atoms with Gasteiger partial charge in [-0.2, -0.15) is 0 Å². The molecule has 0 N–H and O–H groups in total. The maximum atomic E-state index is 13.9.